The van der Waals surface area contributed by atoms with E-state index >= 15 is 0 Å². The normalized spacial score (nSPS) is 14.5. The van der Waals surface area contributed by atoms with Gasteiger partial charge in [0, 0.05) is 42.6 Å². The fourth-order valence-corrected chi connectivity index (χ4v) is 2.75. The van der Waals surface area contributed by atoms with Crippen LogP contribution in [0.3, 0.4) is 0 Å². The number of amides is 3. The number of aromatic hydroxyl groups is 1. The molecule has 7 heteroatoms. The molecule has 1 aliphatic heterocycles. The van der Waals surface area contributed by atoms with E-state index < -0.39 is 11.8 Å². The molecule has 2 aromatic rings. The third kappa shape index (κ3) is 3.01. The van der Waals surface area contributed by atoms with Crippen LogP contribution in [0.25, 0.3) is 10.8 Å². The predicted octanol–water partition coefficient (Wildman–Crippen LogP) is 0.784. The first-order valence-electron chi connectivity index (χ1n) is 7.60. The van der Waals surface area contributed by atoms with Crippen LogP contribution in [0.15, 0.2) is 36.4 Å². The summed E-state index contributed by atoms with van der Waals surface area (Å²) in [5, 5.41) is 13.7. The number of hydrogen-bond acceptors (Lipinski definition) is 4. The second-order valence-corrected chi connectivity index (χ2v) is 5.57. The van der Waals surface area contributed by atoms with E-state index in [9.17, 15) is 19.5 Å². The van der Waals surface area contributed by atoms with E-state index in [-0.39, 0.29) is 5.75 Å². The van der Waals surface area contributed by atoms with Crippen molar-refractivity contribution in [2.24, 2.45) is 0 Å². The molecule has 3 amide bonds. The molecule has 0 aliphatic carbocycles. The monoisotopic (exact) mass is 327 g/mol. The van der Waals surface area contributed by atoms with E-state index in [0.29, 0.717) is 42.6 Å². The van der Waals surface area contributed by atoms with Gasteiger partial charge in [-0.15, -0.1) is 0 Å². The highest BCUT2D eigenvalue weighted by Gasteiger charge is 2.25. The average molecular weight is 327 g/mol. The number of hydrogen-bond donors (Lipinski definition) is 2. The number of phenolic OH excluding ortho intramolecular Hbond substituents is 1. The highest BCUT2D eigenvalue weighted by molar-refractivity contribution is 6.40. The highest BCUT2D eigenvalue weighted by atomic mass is 16.3. The molecule has 0 saturated carbocycles. The first-order valence-corrected chi connectivity index (χ1v) is 7.60. The van der Waals surface area contributed by atoms with E-state index in [2.05, 4.69) is 5.32 Å². The van der Waals surface area contributed by atoms with Gasteiger partial charge in [-0.3, -0.25) is 14.4 Å². The average Bonchev–Trinajstić information content (AvgIpc) is 2.62. The van der Waals surface area contributed by atoms with Crippen molar-refractivity contribution in [3.63, 3.8) is 0 Å². The first-order chi connectivity index (χ1) is 11.6. The van der Waals surface area contributed by atoms with Crippen molar-refractivity contribution in [3.8, 4) is 5.75 Å². The fourth-order valence-electron chi connectivity index (χ4n) is 2.75. The van der Waals surface area contributed by atoms with Crippen LogP contribution in [0.4, 0.5) is 5.69 Å². The SMILES string of the molecule is O=CN1CCN(C(=O)C(=O)Nc2cccc3c(O)cccc23)CC1. The van der Waals surface area contributed by atoms with E-state index in [1.54, 1.807) is 41.3 Å². The molecule has 0 aromatic heterocycles. The number of carbonyl (C=O) groups is 3. The Labute approximate surface area is 138 Å². The molecule has 3 rings (SSSR count). The smallest absolute Gasteiger partial charge is 0.313 e. The minimum Gasteiger partial charge on any atom is -0.507 e. The van der Waals surface area contributed by atoms with Crippen LogP contribution in [0, 0.1) is 0 Å². The number of fused-ring (bicyclic) bond motifs is 1. The summed E-state index contributed by atoms with van der Waals surface area (Å²) in [5.41, 5.74) is 0.466. The lowest BCUT2D eigenvalue weighted by atomic mass is 10.1. The maximum Gasteiger partial charge on any atom is 0.313 e. The Morgan fingerprint density at radius 3 is 2.38 bits per heavy atom. The summed E-state index contributed by atoms with van der Waals surface area (Å²) in [7, 11) is 0. The van der Waals surface area contributed by atoms with E-state index in [4.69, 9.17) is 0 Å². The van der Waals surface area contributed by atoms with Gasteiger partial charge in [-0.05, 0) is 12.1 Å². The Hall–Kier alpha value is -3.09. The Morgan fingerprint density at radius 1 is 1.00 bits per heavy atom. The summed E-state index contributed by atoms with van der Waals surface area (Å²) in [6.07, 6.45) is 0.741. The van der Waals surface area contributed by atoms with Crippen molar-refractivity contribution in [1.29, 1.82) is 0 Å². The molecule has 7 nitrogen and oxygen atoms in total. The zero-order valence-corrected chi connectivity index (χ0v) is 12.9. The summed E-state index contributed by atoms with van der Waals surface area (Å²) < 4.78 is 0. The first kappa shape index (κ1) is 15.8. The molecule has 1 aliphatic rings. The highest BCUT2D eigenvalue weighted by Crippen LogP contribution is 2.29. The standard InChI is InChI=1S/C17H17N3O4/c21-11-19-7-9-20(10-8-19)17(24)16(23)18-14-5-1-4-13-12(14)3-2-6-15(13)22/h1-6,11,22H,7-10H2,(H,18,23). The Bertz CT molecular complexity index is 798. The van der Waals surface area contributed by atoms with E-state index in [1.807, 2.05) is 0 Å². The van der Waals surface area contributed by atoms with Gasteiger partial charge in [0.05, 0.1) is 0 Å². The summed E-state index contributed by atoms with van der Waals surface area (Å²) in [5.74, 6) is -1.25. The Morgan fingerprint density at radius 2 is 1.67 bits per heavy atom. The zero-order chi connectivity index (χ0) is 17.1. The van der Waals surface area contributed by atoms with Crippen molar-refractivity contribution >= 4 is 34.7 Å². The van der Waals surface area contributed by atoms with Gasteiger partial charge in [0.15, 0.2) is 0 Å². The van der Waals surface area contributed by atoms with Crippen molar-refractivity contribution in [2.75, 3.05) is 31.5 Å². The van der Waals surface area contributed by atoms with Gasteiger partial charge < -0.3 is 20.2 Å². The molecular formula is C17H17N3O4. The summed E-state index contributed by atoms with van der Waals surface area (Å²) >= 11 is 0. The molecule has 1 saturated heterocycles. The summed E-state index contributed by atoms with van der Waals surface area (Å²) in [4.78, 5) is 38.2. The third-order valence-corrected chi connectivity index (χ3v) is 4.09. The summed E-state index contributed by atoms with van der Waals surface area (Å²) in [6.45, 7) is 1.51. The largest absolute Gasteiger partial charge is 0.507 e. The minimum absolute atomic E-state index is 0.111. The van der Waals surface area contributed by atoms with Gasteiger partial charge in [0.1, 0.15) is 5.75 Å². The van der Waals surface area contributed by atoms with Crippen LogP contribution in [-0.2, 0) is 14.4 Å². The molecule has 0 atom stereocenters. The number of nitrogens with one attached hydrogen (secondary N) is 1. The van der Waals surface area contributed by atoms with Gasteiger partial charge in [-0.2, -0.15) is 0 Å². The number of carbonyl (C=O) groups excluding carboxylic acids is 3. The van der Waals surface area contributed by atoms with Crippen LogP contribution in [0.1, 0.15) is 0 Å². The number of phenols is 1. The van der Waals surface area contributed by atoms with Crippen LogP contribution >= 0.6 is 0 Å². The van der Waals surface area contributed by atoms with Crippen LogP contribution in [0.2, 0.25) is 0 Å². The predicted molar refractivity (Wildman–Crippen MR) is 88.5 cm³/mol. The molecule has 2 N–H and O–H groups in total. The van der Waals surface area contributed by atoms with Crippen molar-refractivity contribution in [3.05, 3.63) is 36.4 Å². The molecule has 0 spiro atoms. The van der Waals surface area contributed by atoms with Gasteiger partial charge in [-0.1, -0.05) is 24.3 Å². The number of piperazine rings is 1. The molecule has 0 bridgehead atoms. The second kappa shape index (κ2) is 6.57. The zero-order valence-electron chi connectivity index (χ0n) is 12.9. The fraction of sp³-hybridized carbons (Fsp3) is 0.235. The molecule has 0 unspecified atom stereocenters. The lowest BCUT2D eigenvalue weighted by Crippen LogP contribution is -2.51. The summed E-state index contributed by atoms with van der Waals surface area (Å²) in [6, 6.07) is 10.1. The second-order valence-electron chi connectivity index (χ2n) is 5.57. The molecular weight excluding hydrogens is 310 g/mol. The maximum absolute atomic E-state index is 12.3. The minimum atomic E-state index is -0.731. The Balaban J connectivity index is 1.74. The molecule has 0 radical (unpaired) electrons. The van der Waals surface area contributed by atoms with Gasteiger partial charge in [-0.25, -0.2) is 0 Å². The van der Waals surface area contributed by atoms with Crippen molar-refractivity contribution < 1.29 is 19.5 Å². The van der Waals surface area contributed by atoms with Crippen molar-refractivity contribution in [1.82, 2.24) is 9.80 Å². The molecule has 1 heterocycles. The van der Waals surface area contributed by atoms with E-state index in [0.717, 1.165) is 6.41 Å². The number of benzene rings is 2. The van der Waals surface area contributed by atoms with Crippen LogP contribution in [-0.4, -0.2) is 59.3 Å². The van der Waals surface area contributed by atoms with Crippen LogP contribution < -0.4 is 5.32 Å². The van der Waals surface area contributed by atoms with Gasteiger partial charge in [0.2, 0.25) is 6.41 Å². The lowest BCUT2D eigenvalue weighted by Gasteiger charge is -2.32. The molecule has 24 heavy (non-hydrogen) atoms. The number of anilines is 1. The number of nitrogens with zero attached hydrogens (tertiary/aromatic N) is 2. The maximum atomic E-state index is 12.3. The van der Waals surface area contributed by atoms with Crippen molar-refractivity contribution in [2.45, 2.75) is 0 Å². The number of rotatable bonds is 2. The van der Waals surface area contributed by atoms with Gasteiger partial charge >= 0.3 is 11.8 Å². The topological polar surface area (TPSA) is 90.0 Å². The van der Waals surface area contributed by atoms with E-state index in [1.165, 1.54) is 4.90 Å². The quantitative estimate of drug-likeness (QED) is 0.630. The lowest BCUT2D eigenvalue weighted by molar-refractivity contribution is -0.144. The Kier molecular flexibility index (Phi) is 4.33. The third-order valence-electron chi connectivity index (χ3n) is 4.09. The molecule has 1 fully saturated rings. The molecule has 2 aromatic carbocycles. The van der Waals surface area contributed by atoms with Crippen LogP contribution in [0.5, 0.6) is 5.75 Å². The van der Waals surface area contributed by atoms with Gasteiger partial charge in [0.25, 0.3) is 0 Å². The molecule has 124 valence electrons.